The molecule has 1 atom stereocenters. The van der Waals surface area contributed by atoms with Crippen LogP contribution in [0.4, 0.5) is 0 Å². The number of amides is 1. The van der Waals surface area contributed by atoms with E-state index in [9.17, 15) is 4.79 Å². The summed E-state index contributed by atoms with van der Waals surface area (Å²) in [6.45, 7) is 4.76. The van der Waals surface area contributed by atoms with E-state index in [2.05, 4.69) is 28.9 Å². The van der Waals surface area contributed by atoms with Gasteiger partial charge in [0, 0.05) is 18.0 Å². The number of fused-ring (bicyclic) bond motifs is 3. The second kappa shape index (κ2) is 5.45. The molecule has 1 amide bonds. The van der Waals surface area contributed by atoms with Crippen molar-refractivity contribution in [1.82, 2.24) is 19.7 Å². The Hall–Kier alpha value is -2.21. The van der Waals surface area contributed by atoms with Crippen LogP contribution in [0.25, 0.3) is 5.65 Å². The lowest BCUT2D eigenvalue weighted by molar-refractivity contribution is -0.121. The van der Waals surface area contributed by atoms with E-state index in [1.165, 1.54) is 0 Å². The Morgan fingerprint density at radius 2 is 2.22 bits per heavy atom. The number of hydrogen-bond acceptors (Lipinski definition) is 4. The zero-order valence-corrected chi connectivity index (χ0v) is 13.9. The van der Waals surface area contributed by atoms with Crippen LogP contribution in [0.3, 0.4) is 0 Å². The van der Waals surface area contributed by atoms with Crippen molar-refractivity contribution in [2.75, 3.05) is 0 Å². The summed E-state index contributed by atoms with van der Waals surface area (Å²) in [5, 5.41) is 6.05. The molecule has 4 heterocycles. The molecule has 0 saturated heterocycles. The number of rotatable bonds is 2. The van der Waals surface area contributed by atoms with Gasteiger partial charge in [-0.3, -0.25) is 4.79 Å². The summed E-state index contributed by atoms with van der Waals surface area (Å²) in [4.78, 5) is 21.6. The Kier molecular flexibility index (Phi) is 3.41. The number of carbonyl (C=O) groups excluding carboxylic acids is 1. The SMILES string of the molecule is CC(C)c1csc([C@@H]2CC(=O)NCc3nc4ccccn4c32)n1. The fourth-order valence-electron chi connectivity index (χ4n) is 3.03. The first kappa shape index (κ1) is 14.4. The van der Waals surface area contributed by atoms with Crippen LogP contribution in [-0.4, -0.2) is 20.3 Å². The van der Waals surface area contributed by atoms with Crippen molar-refractivity contribution in [3.05, 3.63) is 51.9 Å². The van der Waals surface area contributed by atoms with Crippen LogP contribution in [0.1, 0.15) is 54.2 Å². The third-order valence-corrected chi connectivity index (χ3v) is 5.22. The summed E-state index contributed by atoms with van der Waals surface area (Å²) >= 11 is 1.64. The highest BCUT2D eigenvalue weighted by Gasteiger charge is 2.30. The molecule has 3 aromatic heterocycles. The van der Waals surface area contributed by atoms with Crippen molar-refractivity contribution < 1.29 is 4.79 Å². The molecule has 4 rings (SSSR count). The van der Waals surface area contributed by atoms with Crippen LogP contribution in [0.5, 0.6) is 0 Å². The van der Waals surface area contributed by atoms with Crippen LogP contribution in [0.2, 0.25) is 0 Å². The molecule has 0 fully saturated rings. The van der Waals surface area contributed by atoms with E-state index in [0.29, 0.717) is 18.9 Å². The molecule has 3 aromatic rings. The minimum Gasteiger partial charge on any atom is -0.350 e. The van der Waals surface area contributed by atoms with Gasteiger partial charge >= 0.3 is 0 Å². The van der Waals surface area contributed by atoms with Crippen LogP contribution in [0.15, 0.2) is 29.8 Å². The number of nitrogens with zero attached hydrogens (tertiary/aromatic N) is 3. The number of aromatic nitrogens is 3. The fraction of sp³-hybridized carbons (Fsp3) is 0.353. The average molecular weight is 326 g/mol. The lowest BCUT2D eigenvalue weighted by atomic mass is 10.0. The summed E-state index contributed by atoms with van der Waals surface area (Å²) in [5.41, 5.74) is 4.03. The number of carbonyl (C=O) groups is 1. The van der Waals surface area contributed by atoms with Gasteiger partial charge in [0.15, 0.2) is 0 Å². The molecule has 1 aliphatic heterocycles. The van der Waals surface area contributed by atoms with Gasteiger partial charge < -0.3 is 9.72 Å². The van der Waals surface area contributed by atoms with E-state index in [1.54, 1.807) is 11.3 Å². The van der Waals surface area contributed by atoms with Gasteiger partial charge in [-0.1, -0.05) is 19.9 Å². The highest BCUT2D eigenvalue weighted by atomic mass is 32.1. The molecular formula is C17H18N4OS. The topological polar surface area (TPSA) is 59.3 Å². The minimum atomic E-state index is -0.0394. The molecule has 0 saturated carbocycles. The van der Waals surface area contributed by atoms with Gasteiger partial charge in [0.05, 0.1) is 29.5 Å². The number of pyridine rings is 1. The van der Waals surface area contributed by atoms with Crippen LogP contribution in [0, 0.1) is 0 Å². The quantitative estimate of drug-likeness (QED) is 0.787. The van der Waals surface area contributed by atoms with Gasteiger partial charge in [-0.2, -0.15) is 0 Å². The smallest absolute Gasteiger partial charge is 0.221 e. The zero-order chi connectivity index (χ0) is 16.0. The van der Waals surface area contributed by atoms with E-state index >= 15 is 0 Å². The van der Waals surface area contributed by atoms with Crippen molar-refractivity contribution >= 4 is 22.9 Å². The fourth-order valence-corrected chi connectivity index (χ4v) is 4.11. The predicted octanol–water partition coefficient (Wildman–Crippen LogP) is 3.07. The Morgan fingerprint density at radius 3 is 3.00 bits per heavy atom. The first-order valence-electron chi connectivity index (χ1n) is 7.81. The molecule has 1 N–H and O–H groups in total. The first-order chi connectivity index (χ1) is 11.1. The highest BCUT2D eigenvalue weighted by Crippen LogP contribution is 2.35. The maximum Gasteiger partial charge on any atom is 0.221 e. The molecule has 0 radical (unpaired) electrons. The molecule has 0 aromatic carbocycles. The molecule has 118 valence electrons. The molecule has 1 aliphatic rings. The van der Waals surface area contributed by atoms with Crippen molar-refractivity contribution in [2.45, 2.75) is 38.6 Å². The number of imidazole rings is 1. The summed E-state index contributed by atoms with van der Waals surface area (Å²) in [6.07, 6.45) is 2.43. The van der Waals surface area contributed by atoms with E-state index in [1.807, 2.05) is 24.4 Å². The van der Waals surface area contributed by atoms with E-state index < -0.39 is 0 Å². The third kappa shape index (κ3) is 2.43. The Balaban J connectivity index is 1.89. The van der Waals surface area contributed by atoms with E-state index in [-0.39, 0.29) is 11.8 Å². The second-order valence-electron chi connectivity index (χ2n) is 6.17. The Bertz CT molecular complexity index is 880. The van der Waals surface area contributed by atoms with Gasteiger partial charge in [0.1, 0.15) is 10.7 Å². The monoisotopic (exact) mass is 326 g/mol. The number of nitrogens with one attached hydrogen (secondary N) is 1. The summed E-state index contributed by atoms with van der Waals surface area (Å²) in [7, 11) is 0. The maximum atomic E-state index is 12.1. The summed E-state index contributed by atoms with van der Waals surface area (Å²) < 4.78 is 2.09. The molecule has 0 spiro atoms. The van der Waals surface area contributed by atoms with E-state index in [4.69, 9.17) is 9.97 Å². The van der Waals surface area contributed by atoms with Crippen LogP contribution >= 0.6 is 11.3 Å². The van der Waals surface area contributed by atoms with Crippen LogP contribution < -0.4 is 5.32 Å². The van der Waals surface area contributed by atoms with Gasteiger partial charge in [0.25, 0.3) is 0 Å². The van der Waals surface area contributed by atoms with Gasteiger partial charge in [-0.05, 0) is 18.1 Å². The maximum absolute atomic E-state index is 12.1. The zero-order valence-electron chi connectivity index (χ0n) is 13.1. The van der Waals surface area contributed by atoms with Crippen molar-refractivity contribution in [2.24, 2.45) is 0 Å². The molecular weight excluding hydrogens is 308 g/mol. The first-order valence-corrected chi connectivity index (χ1v) is 8.69. The second-order valence-corrected chi connectivity index (χ2v) is 7.06. The average Bonchev–Trinajstić information content (AvgIpc) is 3.12. The van der Waals surface area contributed by atoms with Gasteiger partial charge in [0.2, 0.25) is 5.91 Å². The number of thiazole rings is 1. The van der Waals surface area contributed by atoms with E-state index in [0.717, 1.165) is 27.7 Å². The molecule has 6 heteroatoms. The molecule has 23 heavy (non-hydrogen) atoms. The van der Waals surface area contributed by atoms with Crippen molar-refractivity contribution in [1.29, 1.82) is 0 Å². The lowest BCUT2D eigenvalue weighted by Gasteiger charge is -2.12. The summed E-state index contributed by atoms with van der Waals surface area (Å²) in [5.74, 6) is 0.405. The molecule has 0 bridgehead atoms. The Morgan fingerprint density at radius 1 is 1.35 bits per heavy atom. The lowest BCUT2D eigenvalue weighted by Crippen LogP contribution is -2.21. The minimum absolute atomic E-state index is 0.0394. The largest absolute Gasteiger partial charge is 0.350 e. The predicted molar refractivity (Wildman–Crippen MR) is 89.7 cm³/mol. The van der Waals surface area contributed by atoms with Gasteiger partial charge in [-0.25, -0.2) is 9.97 Å². The normalized spacial score (nSPS) is 18.0. The van der Waals surface area contributed by atoms with Gasteiger partial charge in [-0.15, -0.1) is 11.3 Å². The highest BCUT2D eigenvalue weighted by molar-refractivity contribution is 7.09. The number of hydrogen-bond donors (Lipinski definition) is 1. The van der Waals surface area contributed by atoms with Crippen molar-refractivity contribution in [3.8, 4) is 0 Å². The molecule has 0 aliphatic carbocycles. The standard InChI is InChI=1S/C17H18N4OS/c1-10(2)13-9-23-17(20-13)11-7-15(22)18-8-12-16(11)21-6-4-3-5-14(21)19-12/h3-6,9-11H,7-8H2,1-2H3,(H,18,22)/t11-/m1/s1. The summed E-state index contributed by atoms with van der Waals surface area (Å²) in [6, 6.07) is 5.97. The van der Waals surface area contributed by atoms with Crippen molar-refractivity contribution in [3.63, 3.8) is 0 Å². The molecule has 0 unspecified atom stereocenters. The molecule has 5 nitrogen and oxygen atoms in total. The Labute approximate surface area is 138 Å². The third-order valence-electron chi connectivity index (χ3n) is 4.25. The van der Waals surface area contributed by atoms with Crippen LogP contribution in [-0.2, 0) is 11.3 Å².